The lowest BCUT2D eigenvalue weighted by Gasteiger charge is -2.17. The third kappa shape index (κ3) is 11.6. The number of carboxylic acid groups (broad SMARTS) is 1. The first kappa shape index (κ1) is 45.5. The molecule has 14 heteroatoms. The van der Waals surface area contributed by atoms with E-state index in [9.17, 15) is 49.2 Å². The number of amides is 3. The van der Waals surface area contributed by atoms with Crippen LogP contribution in [0.2, 0.25) is 0 Å². The molecule has 14 nitrogen and oxygen atoms in total. The number of benzene rings is 5. The summed E-state index contributed by atoms with van der Waals surface area (Å²) in [4.78, 5) is 77.3. The first-order valence-corrected chi connectivity index (χ1v) is 19.8. The lowest BCUT2D eigenvalue weighted by atomic mass is 9.92. The summed E-state index contributed by atoms with van der Waals surface area (Å²) in [5.74, 6) is -4.72. The molecule has 5 aromatic rings. The summed E-state index contributed by atoms with van der Waals surface area (Å²) in [5, 5.41) is 47.9. The number of carbonyl (C=O) groups is 6. The van der Waals surface area contributed by atoms with E-state index in [0.717, 1.165) is 17.2 Å². The lowest BCUT2D eigenvalue weighted by molar-refractivity contribution is -0.120. The molecule has 0 heterocycles. The summed E-state index contributed by atoms with van der Waals surface area (Å²) in [6.07, 6.45) is 3.55. The number of unbranched alkanes of at least 4 members (excludes halogenated alkanes) is 1. The van der Waals surface area contributed by atoms with E-state index in [1.807, 2.05) is 0 Å². The fourth-order valence-corrected chi connectivity index (χ4v) is 6.60. The molecular weight excluding hydrogens is 793 g/mol. The molecule has 0 saturated carbocycles. The van der Waals surface area contributed by atoms with Crippen LogP contribution in [-0.4, -0.2) is 62.2 Å². The maximum atomic E-state index is 13.5. The molecule has 0 fully saturated rings. The van der Waals surface area contributed by atoms with Gasteiger partial charge in [-0.25, -0.2) is 4.79 Å². The summed E-state index contributed by atoms with van der Waals surface area (Å²) >= 11 is 0. The Morgan fingerprint density at radius 2 is 1.23 bits per heavy atom. The van der Waals surface area contributed by atoms with Crippen molar-refractivity contribution in [2.75, 3.05) is 22.5 Å². The summed E-state index contributed by atoms with van der Waals surface area (Å²) in [6, 6.07) is 24.6. The molecule has 0 aliphatic carbocycles. The number of carbonyl (C=O) groups excluding carboxylic acids is 5. The molecule has 0 aromatic heterocycles. The Balaban J connectivity index is 1.18. The SMILES string of the molecule is C/C(=C\c1ccc(O)cc1)C(=O)Cc1ccc(C(=O)CC(CCCCN)C(=O)Nc2ccc(C(=O)Nc3ccc(C(=O)Nc4ccc(C(=O)O)c(O)c4C)c(O)c3C)cc2)cc1. The molecule has 0 spiro atoms. The van der Waals surface area contributed by atoms with E-state index in [2.05, 4.69) is 16.0 Å². The van der Waals surface area contributed by atoms with E-state index in [1.54, 1.807) is 73.7 Å². The van der Waals surface area contributed by atoms with Crippen molar-refractivity contribution in [1.82, 2.24) is 0 Å². The maximum absolute atomic E-state index is 13.5. The van der Waals surface area contributed by atoms with E-state index >= 15 is 0 Å². The second kappa shape index (κ2) is 20.6. The molecule has 1 atom stereocenters. The van der Waals surface area contributed by atoms with Crippen molar-refractivity contribution in [2.45, 2.75) is 52.9 Å². The normalized spacial score (nSPS) is 11.6. The second-order valence-electron chi connectivity index (χ2n) is 14.9. The number of nitrogens with two attached hydrogens (primary N) is 1. The largest absolute Gasteiger partial charge is 0.508 e. The molecule has 0 aliphatic heterocycles. The van der Waals surface area contributed by atoms with Crippen LogP contribution in [-0.2, 0) is 16.0 Å². The molecule has 320 valence electrons. The topological polar surface area (TPSA) is 245 Å². The van der Waals surface area contributed by atoms with Crippen molar-refractivity contribution < 1.29 is 49.2 Å². The van der Waals surface area contributed by atoms with Gasteiger partial charge >= 0.3 is 5.97 Å². The zero-order chi connectivity index (χ0) is 45.1. The number of nitrogens with one attached hydrogen (secondary N) is 3. The number of rotatable bonds is 18. The van der Waals surface area contributed by atoms with E-state index in [1.165, 1.54) is 44.2 Å². The minimum Gasteiger partial charge on any atom is -0.508 e. The molecule has 62 heavy (non-hydrogen) atoms. The molecule has 5 aromatic carbocycles. The van der Waals surface area contributed by atoms with Gasteiger partial charge in [0.15, 0.2) is 11.6 Å². The fraction of sp³-hybridized carbons (Fsp3) is 0.208. The van der Waals surface area contributed by atoms with Crippen molar-refractivity contribution in [3.05, 3.63) is 147 Å². The third-order valence-corrected chi connectivity index (χ3v) is 10.4. The Morgan fingerprint density at radius 1 is 0.661 bits per heavy atom. The Morgan fingerprint density at radius 3 is 1.82 bits per heavy atom. The van der Waals surface area contributed by atoms with Crippen LogP contribution >= 0.6 is 0 Å². The molecule has 0 aliphatic rings. The van der Waals surface area contributed by atoms with Crippen molar-refractivity contribution in [1.29, 1.82) is 0 Å². The van der Waals surface area contributed by atoms with Crippen LogP contribution in [0.5, 0.6) is 17.2 Å². The van der Waals surface area contributed by atoms with E-state index in [4.69, 9.17) is 5.73 Å². The zero-order valence-corrected chi connectivity index (χ0v) is 34.5. The number of carboxylic acids is 1. The molecule has 0 bridgehead atoms. The molecule has 3 amide bonds. The van der Waals surface area contributed by atoms with Crippen molar-refractivity contribution in [3.63, 3.8) is 0 Å². The first-order chi connectivity index (χ1) is 29.6. The van der Waals surface area contributed by atoms with Gasteiger partial charge in [-0.15, -0.1) is 0 Å². The first-order valence-electron chi connectivity index (χ1n) is 19.8. The summed E-state index contributed by atoms with van der Waals surface area (Å²) in [5.41, 5.74) is 9.04. The van der Waals surface area contributed by atoms with Gasteiger partial charge in [0.05, 0.1) is 5.56 Å². The van der Waals surface area contributed by atoms with E-state index in [0.29, 0.717) is 42.6 Å². The molecular formula is C48H48N4O10. The number of anilines is 3. The number of Topliss-reactive ketones (excluding diaryl/α,β-unsaturated/α-hetero) is 2. The van der Waals surface area contributed by atoms with Crippen LogP contribution < -0.4 is 21.7 Å². The number of allylic oxidation sites excluding steroid dienone is 1. The van der Waals surface area contributed by atoms with E-state index < -0.39 is 35.2 Å². The predicted molar refractivity (Wildman–Crippen MR) is 236 cm³/mol. The number of ketones is 2. The number of phenols is 3. The highest BCUT2D eigenvalue weighted by Crippen LogP contribution is 2.33. The summed E-state index contributed by atoms with van der Waals surface area (Å²) in [7, 11) is 0. The van der Waals surface area contributed by atoms with Gasteiger partial charge in [-0.1, -0.05) is 42.8 Å². The van der Waals surface area contributed by atoms with Crippen LogP contribution in [0.4, 0.5) is 17.1 Å². The Hall–Kier alpha value is -7.58. The van der Waals surface area contributed by atoms with Gasteiger partial charge in [0, 0.05) is 58.1 Å². The monoisotopic (exact) mass is 840 g/mol. The van der Waals surface area contributed by atoms with Gasteiger partial charge in [0.1, 0.15) is 22.8 Å². The lowest BCUT2D eigenvalue weighted by Crippen LogP contribution is -2.25. The maximum Gasteiger partial charge on any atom is 0.339 e. The standard InChI is InChI=1S/C48H48N4O10/c1-27(24-30-9-17-36(53)18-10-30)41(54)25-31-7-11-32(12-8-31)42(55)26-34(6-4-5-23-49)46(59)50-35-15-13-33(14-16-35)45(58)51-39-21-19-37(43(56)28(39)2)47(60)52-40-22-20-38(48(61)62)44(57)29(40)3/h7-22,24,34,53,56-57H,4-6,23,25-26,49H2,1-3H3,(H,50,59)(H,51,58)(H,52,60)(H,61,62)/b27-24+. The van der Waals surface area contributed by atoms with Crippen molar-refractivity contribution in [2.24, 2.45) is 11.7 Å². The minimum atomic E-state index is -1.33. The Kier molecular flexibility index (Phi) is 15.1. The smallest absolute Gasteiger partial charge is 0.339 e. The Bertz CT molecular complexity index is 2530. The van der Waals surface area contributed by atoms with Gasteiger partial charge in [-0.3, -0.25) is 24.0 Å². The number of aromatic hydroxyl groups is 3. The van der Waals surface area contributed by atoms with Gasteiger partial charge in [-0.2, -0.15) is 0 Å². The highest BCUT2D eigenvalue weighted by molar-refractivity contribution is 6.09. The van der Waals surface area contributed by atoms with Gasteiger partial charge in [-0.05, 0) is 124 Å². The summed E-state index contributed by atoms with van der Waals surface area (Å²) in [6.45, 7) is 5.10. The van der Waals surface area contributed by atoms with Gasteiger partial charge in [0.2, 0.25) is 5.91 Å². The van der Waals surface area contributed by atoms with Crippen molar-refractivity contribution >= 4 is 58.4 Å². The average Bonchev–Trinajstić information content (AvgIpc) is 3.24. The fourth-order valence-electron chi connectivity index (χ4n) is 6.60. The second-order valence-corrected chi connectivity index (χ2v) is 14.9. The minimum absolute atomic E-state index is 0.0561. The highest BCUT2D eigenvalue weighted by Gasteiger charge is 2.24. The van der Waals surface area contributed by atoms with E-state index in [-0.39, 0.29) is 75.3 Å². The number of hydrogen-bond acceptors (Lipinski definition) is 10. The van der Waals surface area contributed by atoms with Crippen LogP contribution in [0.15, 0.2) is 103 Å². The van der Waals surface area contributed by atoms with Crippen LogP contribution in [0, 0.1) is 19.8 Å². The van der Waals surface area contributed by atoms with Crippen molar-refractivity contribution in [3.8, 4) is 17.2 Å². The van der Waals surface area contributed by atoms with Crippen LogP contribution in [0.3, 0.4) is 0 Å². The quantitative estimate of drug-likeness (QED) is 0.0240. The third-order valence-electron chi connectivity index (χ3n) is 10.4. The van der Waals surface area contributed by atoms with Gasteiger partial charge in [0.25, 0.3) is 11.8 Å². The van der Waals surface area contributed by atoms with Crippen LogP contribution in [0.1, 0.15) is 96.3 Å². The van der Waals surface area contributed by atoms with Gasteiger partial charge < -0.3 is 42.1 Å². The number of aromatic carboxylic acids is 1. The highest BCUT2D eigenvalue weighted by atomic mass is 16.4. The molecule has 9 N–H and O–H groups in total. The molecule has 5 rings (SSSR count). The average molecular weight is 841 g/mol. The zero-order valence-electron chi connectivity index (χ0n) is 34.5. The predicted octanol–water partition coefficient (Wildman–Crippen LogP) is 7.79. The summed E-state index contributed by atoms with van der Waals surface area (Å²) < 4.78 is 0. The Labute approximate surface area is 358 Å². The number of phenolic OH excluding ortho intramolecular Hbond substituents is 2. The molecule has 1 unspecified atom stereocenters. The number of hydrogen-bond donors (Lipinski definition) is 8. The molecule has 0 saturated heterocycles. The molecule has 0 radical (unpaired) electrons. The van der Waals surface area contributed by atoms with Crippen LogP contribution in [0.25, 0.3) is 6.08 Å².